The predicted molar refractivity (Wildman–Crippen MR) is 80.8 cm³/mol. The lowest BCUT2D eigenvalue weighted by Crippen LogP contribution is -2.51. The summed E-state index contributed by atoms with van der Waals surface area (Å²) >= 11 is 0. The summed E-state index contributed by atoms with van der Waals surface area (Å²) in [5.74, 6) is 1.11. The topological polar surface area (TPSA) is 49.8 Å². The second-order valence-electron chi connectivity index (χ2n) is 6.87. The summed E-state index contributed by atoms with van der Waals surface area (Å²) in [5.41, 5.74) is -0.0250. The Morgan fingerprint density at radius 2 is 2.00 bits per heavy atom. The molecule has 1 atom stereocenters. The van der Waals surface area contributed by atoms with E-state index in [0.29, 0.717) is 11.8 Å². The van der Waals surface area contributed by atoms with E-state index in [1.165, 1.54) is 0 Å². The van der Waals surface area contributed by atoms with Crippen LogP contribution in [0.5, 0.6) is 0 Å². The summed E-state index contributed by atoms with van der Waals surface area (Å²) in [6.07, 6.45) is 11.0. The highest BCUT2D eigenvalue weighted by molar-refractivity contribution is 5.79. The van der Waals surface area contributed by atoms with Crippen molar-refractivity contribution >= 4 is 5.91 Å². The number of likely N-dealkylation sites (tertiary alicyclic amines) is 1. The van der Waals surface area contributed by atoms with Crippen LogP contribution < -0.4 is 0 Å². The first-order valence-electron chi connectivity index (χ1n) is 8.41. The van der Waals surface area contributed by atoms with E-state index < -0.39 is 0 Å². The second kappa shape index (κ2) is 6.49. The molecule has 1 amide bonds. The maximum atomic E-state index is 12.5. The van der Waals surface area contributed by atoms with E-state index in [1.807, 2.05) is 4.90 Å². The molecule has 0 bridgehead atoms. The summed E-state index contributed by atoms with van der Waals surface area (Å²) < 4.78 is 6.10. The van der Waals surface area contributed by atoms with Gasteiger partial charge in [-0.1, -0.05) is 12.2 Å². The van der Waals surface area contributed by atoms with Crippen LogP contribution in [0.1, 0.15) is 44.9 Å². The monoisotopic (exact) mass is 293 g/mol. The van der Waals surface area contributed by atoms with Crippen LogP contribution in [-0.4, -0.2) is 47.8 Å². The van der Waals surface area contributed by atoms with Gasteiger partial charge in [0.15, 0.2) is 0 Å². The van der Waals surface area contributed by atoms with E-state index in [9.17, 15) is 4.79 Å². The molecule has 1 aliphatic carbocycles. The van der Waals surface area contributed by atoms with Gasteiger partial charge >= 0.3 is 0 Å². The zero-order chi connectivity index (χ0) is 14.7. The van der Waals surface area contributed by atoms with E-state index in [-0.39, 0.29) is 18.1 Å². The Balaban J connectivity index is 1.53. The minimum Gasteiger partial charge on any atom is -0.396 e. The number of aliphatic hydroxyl groups is 1. The largest absolute Gasteiger partial charge is 0.396 e. The SMILES string of the molecule is O=C(C1CC=CC1)N1CCC2(CC1)CC(CCO)CCO2. The first-order valence-corrected chi connectivity index (χ1v) is 8.41. The quantitative estimate of drug-likeness (QED) is 0.811. The first-order chi connectivity index (χ1) is 10.2. The molecule has 2 aliphatic heterocycles. The lowest BCUT2D eigenvalue weighted by Gasteiger charge is -2.46. The smallest absolute Gasteiger partial charge is 0.226 e. The minimum atomic E-state index is -0.0250. The molecule has 3 aliphatic rings. The molecule has 4 nitrogen and oxygen atoms in total. The van der Waals surface area contributed by atoms with Crippen LogP contribution >= 0.6 is 0 Å². The molecule has 3 rings (SSSR count). The summed E-state index contributed by atoms with van der Waals surface area (Å²) in [5, 5.41) is 9.14. The normalized spacial score (nSPS) is 29.2. The van der Waals surface area contributed by atoms with Crippen LogP contribution in [-0.2, 0) is 9.53 Å². The van der Waals surface area contributed by atoms with Crippen LogP contribution in [0.2, 0.25) is 0 Å². The number of carbonyl (C=O) groups is 1. The fraction of sp³-hybridized carbons (Fsp3) is 0.824. The zero-order valence-electron chi connectivity index (χ0n) is 12.8. The summed E-state index contributed by atoms with van der Waals surface area (Å²) in [6.45, 7) is 2.76. The van der Waals surface area contributed by atoms with Crippen molar-refractivity contribution in [2.75, 3.05) is 26.3 Å². The Kier molecular flexibility index (Phi) is 4.65. The number of ether oxygens (including phenoxy) is 1. The predicted octanol–water partition coefficient (Wildman–Crippen LogP) is 2.12. The lowest BCUT2D eigenvalue weighted by atomic mass is 9.78. The van der Waals surface area contributed by atoms with Crippen molar-refractivity contribution in [2.45, 2.75) is 50.5 Å². The maximum Gasteiger partial charge on any atom is 0.226 e. The fourth-order valence-corrected chi connectivity index (χ4v) is 4.12. The Bertz CT molecular complexity index is 389. The molecule has 4 heteroatoms. The third-order valence-corrected chi connectivity index (χ3v) is 5.48. The first kappa shape index (κ1) is 15.0. The molecule has 0 aromatic heterocycles. The number of hydrogen-bond donors (Lipinski definition) is 1. The molecule has 21 heavy (non-hydrogen) atoms. The molecule has 0 radical (unpaired) electrons. The van der Waals surface area contributed by atoms with Crippen LogP contribution in [0.15, 0.2) is 12.2 Å². The number of hydrogen-bond acceptors (Lipinski definition) is 3. The third-order valence-electron chi connectivity index (χ3n) is 5.48. The van der Waals surface area contributed by atoms with E-state index >= 15 is 0 Å². The molecular weight excluding hydrogens is 266 g/mol. The van der Waals surface area contributed by atoms with Gasteiger partial charge in [-0.15, -0.1) is 0 Å². The Morgan fingerprint density at radius 3 is 2.67 bits per heavy atom. The van der Waals surface area contributed by atoms with Crippen molar-refractivity contribution in [3.05, 3.63) is 12.2 Å². The summed E-state index contributed by atoms with van der Waals surface area (Å²) in [4.78, 5) is 14.5. The Morgan fingerprint density at radius 1 is 1.29 bits per heavy atom. The molecular formula is C17H27NO3. The van der Waals surface area contributed by atoms with Gasteiger partial charge in [-0.05, 0) is 50.9 Å². The van der Waals surface area contributed by atoms with Gasteiger partial charge in [0.2, 0.25) is 5.91 Å². The Labute approximate surface area is 127 Å². The van der Waals surface area contributed by atoms with Crippen LogP contribution in [0, 0.1) is 11.8 Å². The van der Waals surface area contributed by atoms with Gasteiger partial charge in [0.1, 0.15) is 0 Å². The average Bonchev–Trinajstić information content (AvgIpc) is 3.02. The molecule has 2 heterocycles. The molecule has 2 saturated heterocycles. The average molecular weight is 293 g/mol. The lowest BCUT2D eigenvalue weighted by molar-refractivity contribution is -0.150. The van der Waals surface area contributed by atoms with Gasteiger partial charge in [0, 0.05) is 32.2 Å². The number of aliphatic hydroxyl groups excluding tert-OH is 1. The van der Waals surface area contributed by atoms with Crippen molar-refractivity contribution in [3.8, 4) is 0 Å². The number of allylic oxidation sites excluding steroid dienone is 2. The van der Waals surface area contributed by atoms with Gasteiger partial charge in [-0.25, -0.2) is 0 Å². The minimum absolute atomic E-state index is 0.0250. The zero-order valence-corrected chi connectivity index (χ0v) is 12.8. The molecule has 0 saturated carbocycles. The standard InChI is InChI=1S/C17H27NO3/c19-11-5-14-6-12-21-17(13-14)7-9-18(10-8-17)16(20)15-3-1-2-4-15/h1-2,14-15,19H,3-13H2. The van der Waals surface area contributed by atoms with E-state index in [4.69, 9.17) is 9.84 Å². The number of nitrogens with zero attached hydrogens (tertiary/aromatic N) is 1. The molecule has 2 fully saturated rings. The third kappa shape index (κ3) is 3.32. The van der Waals surface area contributed by atoms with E-state index in [0.717, 1.165) is 64.6 Å². The number of piperidine rings is 1. The number of carbonyl (C=O) groups excluding carboxylic acids is 1. The highest BCUT2D eigenvalue weighted by atomic mass is 16.5. The van der Waals surface area contributed by atoms with Crippen molar-refractivity contribution in [3.63, 3.8) is 0 Å². The van der Waals surface area contributed by atoms with Gasteiger partial charge in [-0.3, -0.25) is 4.79 Å². The maximum absolute atomic E-state index is 12.5. The van der Waals surface area contributed by atoms with Crippen LogP contribution in [0.25, 0.3) is 0 Å². The molecule has 1 N–H and O–H groups in total. The molecule has 1 spiro atoms. The highest BCUT2D eigenvalue weighted by Crippen LogP contribution is 2.39. The Hall–Kier alpha value is -0.870. The van der Waals surface area contributed by atoms with E-state index in [1.54, 1.807) is 0 Å². The van der Waals surface area contributed by atoms with Gasteiger partial charge in [-0.2, -0.15) is 0 Å². The second-order valence-corrected chi connectivity index (χ2v) is 6.87. The van der Waals surface area contributed by atoms with Crippen LogP contribution in [0.3, 0.4) is 0 Å². The van der Waals surface area contributed by atoms with Crippen molar-refractivity contribution in [2.24, 2.45) is 11.8 Å². The van der Waals surface area contributed by atoms with Crippen LogP contribution in [0.4, 0.5) is 0 Å². The molecule has 118 valence electrons. The number of amides is 1. The van der Waals surface area contributed by atoms with Crippen molar-refractivity contribution in [1.29, 1.82) is 0 Å². The molecule has 1 unspecified atom stereocenters. The fourth-order valence-electron chi connectivity index (χ4n) is 4.12. The van der Waals surface area contributed by atoms with Gasteiger partial charge in [0.05, 0.1) is 5.60 Å². The van der Waals surface area contributed by atoms with Gasteiger partial charge < -0.3 is 14.7 Å². The highest BCUT2D eigenvalue weighted by Gasteiger charge is 2.41. The number of rotatable bonds is 3. The molecule has 0 aromatic rings. The summed E-state index contributed by atoms with van der Waals surface area (Å²) in [6, 6.07) is 0. The van der Waals surface area contributed by atoms with Crippen molar-refractivity contribution in [1.82, 2.24) is 4.90 Å². The van der Waals surface area contributed by atoms with Gasteiger partial charge in [0.25, 0.3) is 0 Å². The molecule has 0 aromatic carbocycles. The van der Waals surface area contributed by atoms with Crippen molar-refractivity contribution < 1.29 is 14.6 Å². The van der Waals surface area contributed by atoms with E-state index in [2.05, 4.69) is 12.2 Å². The summed E-state index contributed by atoms with van der Waals surface area (Å²) in [7, 11) is 0.